The van der Waals surface area contributed by atoms with Gasteiger partial charge < -0.3 is 15.4 Å². The lowest BCUT2D eigenvalue weighted by Gasteiger charge is -2.34. The van der Waals surface area contributed by atoms with Crippen LogP contribution in [-0.4, -0.2) is 63.4 Å². The fourth-order valence-electron chi connectivity index (χ4n) is 5.47. The summed E-state index contributed by atoms with van der Waals surface area (Å²) >= 11 is 7.73. The van der Waals surface area contributed by atoms with E-state index in [-0.39, 0.29) is 30.8 Å². The van der Waals surface area contributed by atoms with Gasteiger partial charge in [0.1, 0.15) is 18.8 Å². The number of primary amides is 1. The van der Waals surface area contributed by atoms with Crippen LogP contribution in [-0.2, 0) is 14.3 Å². The predicted octanol–water partition coefficient (Wildman–Crippen LogP) is 2.75. The molecule has 10 heteroatoms. The van der Waals surface area contributed by atoms with Crippen LogP contribution >= 0.6 is 22.9 Å². The summed E-state index contributed by atoms with van der Waals surface area (Å²) in [5, 5.41) is 7.31. The fourth-order valence-corrected chi connectivity index (χ4v) is 6.87. The van der Waals surface area contributed by atoms with Gasteiger partial charge in [-0.2, -0.15) is 10.2 Å². The van der Waals surface area contributed by atoms with Gasteiger partial charge in [0.2, 0.25) is 5.91 Å². The minimum atomic E-state index is -0.661. The number of ether oxygens (including phenoxy) is 1. The van der Waals surface area contributed by atoms with E-state index in [9.17, 15) is 14.4 Å². The van der Waals surface area contributed by atoms with Crippen LogP contribution in [0, 0.1) is 5.92 Å². The van der Waals surface area contributed by atoms with Gasteiger partial charge in [-0.1, -0.05) is 19.3 Å². The van der Waals surface area contributed by atoms with Crippen molar-refractivity contribution in [3.63, 3.8) is 0 Å². The van der Waals surface area contributed by atoms with Gasteiger partial charge in [-0.3, -0.25) is 14.4 Å². The molecule has 0 spiro atoms. The van der Waals surface area contributed by atoms with Crippen LogP contribution in [0.1, 0.15) is 53.3 Å². The van der Waals surface area contributed by atoms with Crippen LogP contribution in [0.5, 0.6) is 0 Å². The molecule has 4 heterocycles. The van der Waals surface area contributed by atoms with Crippen molar-refractivity contribution in [1.82, 2.24) is 15.1 Å². The van der Waals surface area contributed by atoms with Crippen molar-refractivity contribution in [2.75, 3.05) is 13.2 Å². The van der Waals surface area contributed by atoms with Gasteiger partial charge in [0.25, 0.3) is 5.91 Å². The van der Waals surface area contributed by atoms with E-state index >= 15 is 0 Å². The molecule has 4 atom stereocenters. The highest BCUT2D eigenvalue weighted by Gasteiger charge is 2.53. The number of nitrogens with zero attached hydrogens (tertiary/aromatic N) is 3. The van der Waals surface area contributed by atoms with Crippen molar-refractivity contribution in [2.45, 2.75) is 55.5 Å². The van der Waals surface area contributed by atoms with Crippen LogP contribution in [0.25, 0.3) is 10.4 Å². The molecule has 2 amide bonds. The molecule has 0 unspecified atom stereocenters. The molecule has 2 aromatic heterocycles. The lowest BCUT2D eigenvalue weighted by Crippen LogP contribution is -2.46. The normalized spacial score (nSPS) is 26.4. The standard InChI is InChI=1S/C23H25ClN4O4S/c24-15-10-28(19-16(29)11-32-20(15)19)23(31)18(12-4-2-1-3-5-12)14-8-17(33-21(14)22(25)30)13-6-7-26-27-9-13/h6-9,12,15,18-20H,1-5,10-11H2,(H2,25,30)/t15-,18-,19+,20+/m0/s1. The van der Waals surface area contributed by atoms with E-state index < -0.39 is 29.3 Å². The largest absolute Gasteiger partial charge is 0.366 e. The highest BCUT2D eigenvalue weighted by atomic mass is 35.5. The molecule has 1 saturated carbocycles. The van der Waals surface area contributed by atoms with Crippen molar-refractivity contribution >= 4 is 40.5 Å². The molecular formula is C23H25ClN4O4S. The number of halogens is 1. The minimum absolute atomic E-state index is 0.0272. The lowest BCUT2D eigenvalue weighted by molar-refractivity contribution is -0.139. The number of likely N-dealkylation sites (tertiary alicyclic amines) is 1. The maximum absolute atomic E-state index is 14.1. The fraction of sp³-hybridized carbons (Fsp3) is 0.522. The first-order valence-corrected chi connectivity index (χ1v) is 12.5. The SMILES string of the molecule is NC(=O)c1sc(-c2ccnnc2)cc1[C@@H](C(=O)N1C[C@H](Cl)[C@H]2OCC(=O)[C@H]21)C1CCCCC1. The molecule has 2 aliphatic heterocycles. The molecule has 8 nitrogen and oxygen atoms in total. The Bertz CT molecular complexity index is 1070. The number of ketones is 1. The number of rotatable bonds is 5. The highest BCUT2D eigenvalue weighted by Crippen LogP contribution is 2.44. The Morgan fingerprint density at radius 1 is 1.24 bits per heavy atom. The van der Waals surface area contributed by atoms with Crippen LogP contribution < -0.4 is 5.73 Å². The summed E-state index contributed by atoms with van der Waals surface area (Å²) in [5.41, 5.74) is 7.22. The van der Waals surface area contributed by atoms with Crippen LogP contribution in [0.2, 0.25) is 0 Å². The smallest absolute Gasteiger partial charge is 0.259 e. The molecule has 33 heavy (non-hydrogen) atoms. The van der Waals surface area contributed by atoms with E-state index in [2.05, 4.69) is 10.2 Å². The van der Waals surface area contributed by atoms with Crippen molar-refractivity contribution < 1.29 is 19.1 Å². The molecule has 174 valence electrons. The number of hydrogen-bond donors (Lipinski definition) is 1. The van der Waals surface area contributed by atoms with Gasteiger partial charge in [-0.05, 0) is 36.5 Å². The number of aromatic nitrogens is 2. The van der Waals surface area contributed by atoms with E-state index in [4.69, 9.17) is 22.1 Å². The van der Waals surface area contributed by atoms with Crippen LogP contribution in [0.4, 0.5) is 0 Å². The summed E-state index contributed by atoms with van der Waals surface area (Å²) in [5.74, 6) is -1.36. The molecule has 0 bridgehead atoms. The molecule has 2 aromatic rings. The Hall–Kier alpha value is -2.36. The number of carbonyl (C=O) groups excluding carboxylic acids is 3. The number of amides is 2. The molecule has 3 aliphatic rings. The highest BCUT2D eigenvalue weighted by molar-refractivity contribution is 7.17. The summed E-state index contributed by atoms with van der Waals surface area (Å²) in [4.78, 5) is 41.9. The zero-order valence-electron chi connectivity index (χ0n) is 18.0. The van der Waals surface area contributed by atoms with E-state index in [0.717, 1.165) is 42.5 Å². The van der Waals surface area contributed by atoms with E-state index in [1.165, 1.54) is 11.3 Å². The second-order valence-electron chi connectivity index (χ2n) is 8.96. The average Bonchev–Trinajstić information content (AvgIpc) is 3.52. The Kier molecular flexibility index (Phi) is 6.20. The minimum Gasteiger partial charge on any atom is -0.366 e. The van der Waals surface area contributed by atoms with Crippen molar-refractivity contribution in [3.8, 4) is 10.4 Å². The number of hydrogen-bond acceptors (Lipinski definition) is 7. The predicted molar refractivity (Wildman–Crippen MR) is 123 cm³/mol. The Balaban J connectivity index is 1.57. The zero-order valence-corrected chi connectivity index (χ0v) is 19.6. The Morgan fingerprint density at radius 3 is 2.73 bits per heavy atom. The van der Waals surface area contributed by atoms with Crippen molar-refractivity contribution in [3.05, 3.63) is 35.0 Å². The summed E-state index contributed by atoms with van der Waals surface area (Å²) in [7, 11) is 0. The number of Topliss-reactive ketones (excluding diaryl/α,β-unsaturated/α-hetero) is 1. The maximum Gasteiger partial charge on any atom is 0.259 e. The van der Waals surface area contributed by atoms with Crippen molar-refractivity contribution in [1.29, 1.82) is 0 Å². The van der Waals surface area contributed by atoms with E-state index in [1.807, 2.05) is 12.1 Å². The third-order valence-corrected chi connectivity index (χ3v) is 8.58. The van der Waals surface area contributed by atoms with Gasteiger partial charge in [0, 0.05) is 17.0 Å². The molecule has 1 aliphatic carbocycles. The number of carbonyl (C=O) groups is 3. The van der Waals surface area contributed by atoms with E-state index in [0.29, 0.717) is 10.4 Å². The van der Waals surface area contributed by atoms with Crippen LogP contribution in [0.3, 0.4) is 0 Å². The molecule has 2 saturated heterocycles. The first kappa shape index (κ1) is 22.4. The van der Waals surface area contributed by atoms with E-state index in [1.54, 1.807) is 17.3 Å². The second-order valence-corrected chi connectivity index (χ2v) is 10.6. The Morgan fingerprint density at radius 2 is 2.03 bits per heavy atom. The maximum atomic E-state index is 14.1. The summed E-state index contributed by atoms with van der Waals surface area (Å²) in [6, 6.07) is 3.03. The first-order valence-electron chi connectivity index (χ1n) is 11.2. The molecule has 0 aromatic carbocycles. The van der Waals surface area contributed by atoms with Gasteiger partial charge in [0.05, 0.1) is 28.6 Å². The quantitative estimate of drug-likeness (QED) is 0.647. The van der Waals surface area contributed by atoms with Crippen molar-refractivity contribution in [2.24, 2.45) is 11.7 Å². The number of thiophene rings is 1. The summed E-state index contributed by atoms with van der Waals surface area (Å²) < 4.78 is 5.58. The zero-order chi connectivity index (χ0) is 23.1. The van der Waals surface area contributed by atoms with Gasteiger partial charge in [-0.15, -0.1) is 22.9 Å². The molecule has 5 rings (SSSR count). The number of fused-ring (bicyclic) bond motifs is 1. The Labute approximate surface area is 200 Å². The van der Waals surface area contributed by atoms with Gasteiger partial charge >= 0.3 is 0 Å². The third-order valence-electron chi connectivity index (χ3n) is 6.98. The van der Waals surface area contributed by atoms with Crippen LogP contribution in [0.15, 0.2) is 24.5 Å². The molecule has 2 N–H and O–H groups in total. The van der Waals surface area contributed by atoms with Gasteiger partial charge in [-0.25, -0.2) is 0 Å². The summed E-state index contributed by atoms with van der Waals surface area (Å²) in [6.07, 6.45) is 7.67. The monoisotopic (exact) mass is 488 g/mol. The third kappa shape index (κ3) is 4.06. The molecule has 3 fully saturated rings. The van der Waals surface area contributed by atoms with Gasteiger partial charge in [0.15, 0.2) is 5.78 Å². The molecular weight excluding hydrogens is 464 g/mol. The number of nitrogens with two attached hydrogens (primary N) is 1. The average molecular weight is 489 g/mol. The number of alkyl halides is 1. The second kappa shape index (κ2) is 9.12. The lowest BCUT2D eigenvalue weighted by atomic mass is 9.75. The topological polar surface area (TPSA) is 115 Å². The first-order chi connectivity index (χ1) is 16.0. The molecule has 0 radical (unpaired) electrons. The summed E-state index contributed by atoms with van der Waals surface area (Å²) in [6.45, 7) is 0.225.